The zero-order valence-corrected chi connectivity index (χ0v) is 9.62. The maximum absolute atomic E-state index is 4.90. The molecule has 0 aliphatic rings. The molecule has 0 atom stereocenters. The summed E-state index contributed by atoms with van der Waals surface area (Å²) in [6.45, 7) is 5.72. The van der Waals surface area contributed by atoms with Gasteiger partial charge in [-0.1, -0.05) is 34.7 Å². The van der Waals surface area contributed by atoms with Crippen molar-refractivity contribution in [2.45, 2.75) is 13.3 Å². The first kappa shape index (κ1) is 11.0. The molecule has 2 nitrogen and oxygen atoms in total. The summed E-state index contributed by atoms with van der Waals surface area (Å²) in [4.78, 5) is 4.06. The summed E-state index contributed by atoms with van der Waals surface area (Å²) in [6.07, 6.45) is 9.84. The van der Waals surface area contributed by atoms with Gasteiger partial charge in [-0.15, -0.1) is 0 Å². The Labute approximate surface area is 92.2 Å². The molecule has 14 heavy (non-hydrogen) atoms. The molecule has 74 valence electrons. The van der Waals surface area contributed by atoms with Gasteiger partial charge in [0.15, 0.2) is 6.39 Å². The van der Waals surface area contributed by atoms with Crippen molar-refractivity contribution in [2.75, 3.05) is 0 Å². The van der Waals surface area contributed by atoms with Gasteiger partial charge in [0, 0.05) is 10.9 Å². The molecular weight excluding hydrogens is 242 g/mol. The Hall–Kier alpha value is -1.09. The number of allylic oxidation sites excluding steroid dienone is 5. The fourth-order valence-corrected chi connectivity index (χ4v) is 1.12. The highest BCUT2D eigenvalue weighted by molar-refractivity contribution is 9.11. The molecule has 0 fully saturated rings. The van der Waals surface area contributed by atoms with Crippen molar-refractivity contribution >= 4 is 15.9 Å². The third-order valence-corrected chi connectivity index (χ3v) is 1.98. The van der Waals surface area contributed by atoms with Gasteiger partial charge in [0.05, 0.1) is 5.69 Å². The number of halogens is 1. The van der Waals surface area contributed by atoms with Gasteiger partial charge in [0.2, 0.25) is 0 Å². The minimum Gasteiger partial charge on any atom is -0.451 e. The fourth-order valence-electron chi connectivity index (χ4n) is 0.989. The van der Waals surface area contributed by atoms with Crippen molar-refractivity contribution in [3.8, 4) is 0 Å². The molecule has 0 bridgehead atoms. The number of rotatable bonds is 4. The first-order valence-corrected chi connectivity index (χ1v) is 5.06. The van der Waals surface area contributed by atoms with Gasteiger partial charge >= 0.3 is 0 Å². The van der Waals surface area contributed by atoms with Crippen LogP contribution in [0.3, 0.4) is 0 Å². The third-order valence-electron chi connectivity index (χ3n) is 1.72. The van der Waals surface area contributed by atoms with Gasteiger partial charge in [-0.25, -0.2) is 4.98 Å². The molecule has 0 amide bonds. The van der Waals surface area contributed by atoms with Crippen molar-refractivity contribution in [3.63, 3.8) is 0 Å². The topological polar surface area (TPSA) is 26.0 Å². The largest absolute Gasteiger partial charge is 0.451 e. The van der Waals surface area contributed by atoms with E-state index in [4.69, 9.17) is 4.42 Å². The molecule has 3 heteroatoms. The standard InChI is InChI=1S/C11H12BrNO/c1-3-10(5-4-9(2)12)6-11-7-14-8-13-11/h3-5,7-8H,2,6H2,1H3/b5-4-,10-3+. The monoisotopic (exact) mass is 253 g/mol. The van der Waals surface area contributed by atoms with Crippen LogP contribution < -0.4 is 0 Å². The van der Waals surface area contributed by atoms with E-state index >= 15 is 0 Å². The second kappa shape index (κ2) is 5.60. The molecule has 1 aromatic rings. The van der Waals surface area contributed by atoms with E-state index in [1.807, 2.05) is 25.2 Å². The third kappa shape index (κ3) is 3.75. The van der Waals surface area contributed by atoms with Crippen LogP contribution in [0, 0.1) is 0 Å². The number of hydrogen-bond donors (Lipinski definition) is 0. The molecule has 0 spiro atoms. The number of oxazole rings is 1. The summed E-state index contributed by atoms with van der Waals surface area (Å²) in [7, 11) is 0. The van der Waals surface area contributed by atoms with E-state index in [1.54, 1.807) is 6.26 Å². The van der Waals surface area contributed by atoms with Crippen LogP contribution in [0.5, 0.6) is 0 Å². The molecule has 0 unspecified atom stereocenters. The van der Waals surface area contributed by atoms with Crippen molar-refractivity contribution in [1.29, 1.82) is 0 Å². The number of aromatic nitrogens is 1. The number of hydrogen-bond acceptors (Lipinski definition) is 2. The van der Waals surface area contributed by atoms with Crippen LogP contribution in [0.2, 0.25) is 0 Å². The predicted molar refractivity (Wildman–Crippen MR) is 61.2 cm³/mol. The van der Waals surface area contributed by atoms with Crippen LogP contribution in [-0.4, -0.2) is 4.98 Å². The zero-order valence-electron chi connectivity index (χ0n) is 8.03. The smallest absolute Gasteiger partial charge is 0.180 e. The SMILES string of the molecule is C=C(Br)/C=C\C(=C/C)Cc1cocn1. The van der Waals surface area contributed by atoms with E-state index in [9.17, 15) is 0 Å². The summed E-state index contributed by atoms with van der Waals surface area (Å²) in [5.41, 5.74) is 2.11. The maximum atomic E-state index is 4.90. The molecule has 0 radical (unpaired) electrons. The quantitative estimate of drug-likeness (QED) is 0.767. The molecule has 0 aliphatic heterocycles. The van der Waals surface area contributed by atoms with Gasteiger partial charge in [-0.3, -0.25) is 0 Å². The highest BCUT2D eigenvalue weighted by Gasteiger charge is 1.97. The van der Waals surface area contributed by atoms with Gasteiger partial charge in [0.25, 0.3) is 0 Å². The Morgan fingerprint density at radius 2 is 2.43 bits per heavy atom. The Kier molecular flexibility index (Phi) is 4.40. The Balaban J connectivity index is 2.61. The average Bonchev–Trinajstić information content (AvgIpc) is 2.64. The minimum absolute atomic E-state index is 0.782. The molecule has 0 N–H and O–H groups in total. The molecule has 1 rings (SSSR count). The van der Waals surface area contributed by atoms with Crippen molar-refractivity contribution in [2.24, 2.45) is 0 Å². The van der Waals surface area contributed by atoms with Crippen molar-refractivity contribution in [1.82, 2.24) is 4.98 Å². The Morgan fingerprint density at radius 1 is 1.64 bits per heavy atom. The van der Waals surface area contributed by atoms with E-state index in [2.05, 4.69) is 27.5 Å². The molecule has 0 saturated heterocycles. The summed E-state index contributed by atoms with van der Waals surface area (Å²) in [5, 5.41) is 0. The van der Waals surface area contributed by atoms with Crippen LogP contribution in [0.4, 0.5) is 0 Å². The number of nitrogens with zero attached hydrogens (tertiary/aromatic N) is 1. The van der Waals surface area contributed by atoms with E-state index in [-0.39, 0.29) is 0 Å². The summed E-state index contributed by atoms with van der Waals surface area (Å²) in [6, 6.07) is 0. The molecule has 0 saturated carbocycles. The van der Waals surface area contributed by atoms with Gasteiger partial charge in [-0.05, 0) is 18.6 Å². The lowest BCUT2D eigenvalue weighted by molar-refractivity contribution is 0.556. The van der Waals surface area contributed by atoms with E-state index in [1.165, 1.54) is 12.0 Å². The lowest BCUT2D eigenvalue weighted by Gasteiger charge is -1.96. The van der Waals surface area contributed by atoms with E-state index in [0.717, 1.165) is 16.6 Å². The maximum Gasteiger partial charge on any atom is 0.180 e. The van der Waals surface area contributed by atoms with E-state index in [0.29, 0.717) is 0 Å². The fraction of sp³-hybridized carbons (Fsp3) is 0.182. The molecule has 1 heterocycles. The molecule has 1 aromatic heterocycles. The first-order valence-electron chi connectivity index (χ1n) is 4.27. The normalized spacial score (nSPS) is 12.3. The van der Waals surface area contributed by atoms with Crippen LogP contribution in [0.1, 0.15) is 12.6 Å². The highest BCUT2D eigenvalue weighted by Crippen LogP contribution is 2.10. The average molecular weight is 254 g/mol. The summed E-state index contributed by atoms with van der Waals surface area (Å²) in [5.74, 6) is 0. The van der Waals surface area contributed by atoms with Crippen LogP contribution in [-0.2, 0) is 6.42 Å². The highest BCUT2D eigenvalue weighted by atomic mass is 79.9. The lowest BCUT2D eigenvalue weighted by atomic mass is 10.1. The molecule has 0 aliphatic carbocycles. The van der Waals surface area contributed by atoms with Crippen LogP contribution >= 0.6 is 15.9 Å². The minimum atomic E-state index is 0.782. The summed E-state index contributed by atoms with van der Waals surface area (Å²) < 4.78 is 5.75. The van der Waals surface area contributed by atoms with Crippen LogP contribution in [0.25, 0.3) is 0 Å². The predicted octanol–water partition coefficient (Wildman–Crippen LogP) is 3.63. The van der Waals surface area contributed by atoms with Crippen LogP contribution in [0.15, 0.2) is 51.9 Å². The molecule has 0 aromatic carbocycles. The Bertz CT molecular complexity index is 349. The second-order valence-corrected chi connectivity index (χ2v) is 3.82. The zero-order chi connectivity index (χ0) is 10.4. The second-order valence-electron chi connectivity index (χ2n) is 2.80. The van der Waals surface area contributed by atoms with Gasteiger partial charge < -0.3 is 4.42 Å². The Morgan fingerprint density at radius 3 is 2.93 bits per heavy atom. The van der Waals surface area contributed by atoms with Gasteiger partial charge in [0.1, 0.15) is 6.26 Å². The first-order chi connectivity index (χ1) is 6.72. The van der Waals surface area contributed by atoms with Gasteiger partial charge in [-0.2, -0.15) is 0 Å². The van der Waals surface area contributed by atoms with Crippen molar-refractivity contribution in [3.05, 3.63) is 53.2 Å². The molecular formula is C11H12BrNO. The van der Waals surface area contributed by atoms with Crippen molar-refractivity contribution < 1.29 is 4.42 Å². The lowest BCUT2D eigenvalue weighted by Crippen LogP contribution is -1.87. The van der Waals surface area contributed by atoms with E-state index < -0.39 is 0 Å². The summed E-state index contributed by atoms with van der Waals surface area (Å²) >= 11 is 3.27.